The zero-order chi connectivity index (χ0) is 13.8. The number of rotatable bonds is 4. The smallest absolute Gasteiger partial charge is 0.340 e. The lowest BCUT2D eigenvalue weighted by molar-refractivity contribution is 0.590. The molecule has 98 valence electrons. The van der Waals surface area contributed by atoms with E-state index in [1.165, 1.54) is 0 Å². The first-order valence-electron chi connectivity index (χ1n) is 5.78. The quantitative estimate of drug-likeness (QED) is 0.680. The fraction of sp³-hybridized carbons (Fsp3) is 0.231. The molecule has 0 amide bonds. The van der Waals surface area contributed by atoms with Crippen LogP contribution in [0.1, 0.15) is 11.1 Å². The minimum absolute atomic E-state index is 0.215. The summed E-state index contributed by atoms with van der Waals surface area (Å²) in [5.74, 6) is 0.689. The molecule has 1 atom stereocenters. The molecule has 0 aliphatic rings. The number of halogens is 1. The van der Waals surface area contributed by atoms with Crippen LogP contribution in [0.5, 0.6) is 0 Å². The molecule has 1 N–H and O–H groups in total. The summed E-state index contributed by atoms with van der Waals surface area (Å²) in [4.78, 5) is 8.04. The number of anilines is 2. The molecule has 0 aliphatic carbocycles. The van der Waals surface area contributed by atoms with E-state index in [0.29, 0.717) is 12.0 Å². The van der Waals surface area contributed by atoms with Gasteiger partial charge in [0, 0.05) is 17.4 Å². The Labute approximate surface area is 118 Å². The Morgan fingerprint density at radius 1 is 1.32 bits per heavy atom. The van der Waals surface area contributed by atoms with Crippen LogP contribution in [0.15, 0.2) is 30.5 Å². The number of hydrogen-bond acceptors (Lipinski definition) is 4. The summed E-state index contributed by atoms with van der Waals surface area (Å²) in [6, 6.07) is 7.78. The molecule has 0 radical (unpaired) electrons. The summed E-state index contributed by atoms with van der Waals surface area (Å²) < 4.78 is 11.2. The van der Waals surface area contributed by atoms with Crippen molar-refractivity contribution in [1.82, 2.24) is 9.97 Å². The third kappa shape index (κ3) is 3.98. The van der Waals surface area contributed by atoms with Gasteiger partial charge in [0.1, 0.15) is 12.5 Å². The normalized spacial score (nSPS) is 11.2. The van der Waals surface area contributed by atoms with Gasteiger partial charge in [0.2, 0.25) is 5.28 Å². The number of hydrogen-bond donors (Lipinski definition) is 1. The highest BCUT2D eigenvalue weighted by Gasteiger charge is 2.08. The van der Waals surface area contributed by atoms with Crippen LogP contribution in [-0.4, -0.2) is 16.6 Å². The molecule has 1 unspecified atom stereocenters. The molecule has 0 saturated carbocycles. The Morgan fingerprint density at radius 2 is 2.00 bits per heavy atom. The van der Waals surface area contributed by atoms with Gasteiger partial charge in [0.15, 0.2) is 6.16 Å². The van der Waals surface area contributed by atoms with E-state index in [2.05, 4.69) is 15.3 Å². The van der Waals surface area contributed by atoms with E-state index in [1.54, 1.807) is 12.9 Å². The van der Waals surface area contributed by atoms with E-state index >= 15 is 0 Å². The summed E-state index contributed by atoms with van der Waals surface area (Å²) in [7, 11) is -1.15. The third-order valence-electron chi connectivity index (χ3n) is 2.56. The van der Waals surface area contributed by atoms with Crippen LogP contribution in [0.2, 0.25) is 5.28 Å². The van der Waals surface area contributed by atoms with Gasteiger partial charge in [-0.05, 0) is 36.2 Å². The lowest BCUT2D eigenvalue weighted by atomic mass is 10.2. The van der Waals surface area contributed by atoms with Crippen molar-refractivity contribution in [2.24, 2.45) is 0 Å². The fourth-order valence-corrected chi connectivity index (χ4v) is 2.49. The van der Waals surface area contributed by atoms with Crippen molar-refractivity contribution in [2.75, 3.05) is 12.0 Å². The Bertz CT molecular complexity index is 601. The van der Waals surface area contributed by atoms with Gasteiger partial charge < -0.3 is 5.32 Å². The topological polar surface area (TPSA) is 54.9 Å². The SMILES string of the molecule is Cc1cnc(Cl)nc1Nc1ccc(C[P+](C)=O)cc1. The first kappa shape index (κ1) is 13.9. The van der Waals surface area contributed by atoms with Crippen LogP contribution in [0.25, 0.3) is 0 Å². The molecule has 1 aromatic carbocycles. The third-order valence-corrected chi connectivity index (χ3v) is 3.56. The highest BCUT2D eigenvalue weighted by atomic mass is 35.5. The summed E-state index contributed by atoms with van der Waals surface area (Å²) in [6.07, 6.45) is 2.28. The van der Waals surface area contributed by atoms with Gasteiger partial charge in [-0.25, -0.2) is 9.97 Å². The number of benzene rings is 1. The number of nitrogens with zero attached hydrogens (tertiary/aromatic N) is 2. The maximum Gasteiger partial charge on any atom is 0.340 e. The minimum Gasteiger partial charge on any atom is -0.340 e. The zero-order valence-corrected chi connectivity index (χ0v) is 12.4. The monoisotopic (exact) mass is 294 g/mol. The predicted octanol–water partition coefficient (Wildman–Crippen LogP) is 4.14. The molecule has 0 bridgehead atoms. The summed E-state index contributed by atoms with van der Waals surface area (Å²) in [5, 5.41) is 3.40. The molecule has 1 aromatic heterocycles. The molecule has 0 saturated heterocycles. The van der Waals surface area contributed by atoms with Crippen LogP contribution in [0.4, 0.5) is 11.5 Å². The van der Waals surface area contributed by atoms with Gasteiger partial charge in [-0.15, -0.1) is 0 Å². The highest BCUT2D eigenvalue weighted by molar-refractivity contribution is 7.42. The van der Waals surface area contributed by atoms with E-state index in [-0.39, 0.29) is 5.28 Å². The molecule has 2 aromatic rings. The molecule has 0 fully saturated rings. The summed E-state index contributed by atoms with van der Waals surface area (Å²) in [5.41, 5.74) is 2.89. The van der Waals surface area contributed by atoms with Crippen molar-refractivity contribution in [3.8, 4) is 0 Å². The van der Waals surface area contributed by atoms with Crippen LogP contribution in [0.3, 0.4) is 0 Å². The minimum atomic E-state index is -1.15. The highest BCUT2D eigenvalue weighted by Crippen LogP contribution is 2.24. The molecule has 0 aliphatic heterocycles. The van der Waals surface area contributed by atoms with E-state index in [1.807, 2.05) is 31.2 Å². The Kier molecular flexibility index (Phi) is 4.46. The van der Waals surface area contributed by atoms with Crippen molar-refractivity contribution in [1.29, 1.82) is 0 Å². The lowest BCUT2D eigenvalue weighted by Gasteiger charge is -2.08. The fourth-order valence-electron chi connectivity index (χ4n) is 1.63. The van der Waals surface area contributed by atoms with Gasteiger partial charge in [0.25, 0.3) is 0 Å². The first-order chi connectivity index (χ1) is 9.04. The van der Waals surface area contributed by atoms with Crippen LogP contribution < -0.4 is 5.32 Å². The van der Waals surface area contributed by atoms with Gasteiger partial charge in [-0.1, -0.05) is 16.7 Å². The molecule has 0 spiro atoms. The Hall–Kier alpha value is -1.51. The van der Waals surface area contributed by atoms with Gasteiger partial charge >= 0.3 is 7.80 Å². The van der Waals surface area contributed by atoms with E-state index in [4.69, 9.17) is 11.6 Å². The Morgan fingerprint density at radius 3 is 2.63 bits per heavy atom. The van der Waals surface area contributed by atoms with Gasteiger partial charge in [0.05, 0.1) is 0 Å². The second-order valence-electron chi connectivity index (χ2n) is 4.28. The molecule has 4 nitrogen and oxygen atoms in total. The summed E-state index contributed by atoms with van der Waals surface area (Å²) in [6.45, 7) is 3.64. The predicted molar refractivity (Wildman–Crippen MR) is 78.7 cm³/mol. The van der Waals surface area contributed by atoms with E-state index in [0.717, 1.165) is 16.8 Å². The van der Waals surface area contributed by atoms with Crippen LogP contribution in [0, 0.1) is 6.92 Å². The number of nitrogens with one attached hydrogen (secondary N) is 1. The first-order valence-corrected chi connectivity index (χ1v) is 8.05. The van der Waals surface area contributed by atoms with Crippen molar-refractivity contribution in [3.05, 3.63) is 46.9 Å². The standard InChI is InChI=1S/C13H14ClN3OP/c1-9-7-15-13(14)17-12(9)16-11-5-3-10(4-6-11)8-19(2)18/h3-7H,8H2,1-2H3,(H,15,16,17)/q+1. The second kappa shape index (κ2) is 6.09. The number of aromatic nitrogens is 2. The Balaban J connectivity index is 2.15. The maximum atomic E-state index is 11.2. The van der Waals surface area contributed by atoms with Gasteiger partial charge in [-0.2, -0.15) is 0 Å². The molecule has 2 rings (SSSR count). The number of aryl methyl sites for hydroxylation is 1. The van der Waals surface area contributed by atoms with Crippen molar-refractivity contribution in [3.63, 3.8) is 0 Å². The summed E-state index contributed by atoms with van der Waals surface area (Å²) >= 11 is 5.77. The average Bonchev–Trinajstić information content (AvgIpc) is 2.35. The molecule has 19 heavy (non-hydrogen) atoms. The maximum absolute atomic E-state index is 11.2. The van der Waals surface area contributed by atoms with Crippen LogP contribution in [-0.2, 0) is 10.7 Å². The molecule has 1 heterocycles. The average molecular weight is 295 g/mol. The van der Waals surface area contributed by atoms with E-state index in [9.17, 15) is 4.57 Å². The zero-order valence-electron chi connectivity index (χ0n) is 10.7. The van der Waals surface area contributed by atoms with Crippen molar-refractivity contribution in [2.45, 2.75) is 13.1 Å². The lowest BCUT2D eigenvalue weighted by Crippen LogP contribution is -1.98. The van der Waals surface area contributed by atoms with Crippen LogP contribution >= 0.6 is 19.4 Å². The molecular formula is C13H14ClN3OP+. The second-order valence-corrected chi connectivity index (χ2v) is 6.19. The van der Waals surface area contributed by atoms with Crippen molar-refractivity contribution < 1.29 is 4.57 Å². The van der Waals surface area contributed by atoms with Gasteiger partial charge in [-0.3, -0.25) is 0 Å². The molecule has 6 heteroatoms. The molecular weight excluding hydrogens is 281 g/mol. The van der Waals surface area contributed by atoms with Crippen molar-refractivity contribution >= 4 is 30.9 Å². The van der Waals surface area contributed by atoms with E-state index < -0.39 is 7.80 Å². The largest absolute Gasteiger partial charge is 0.340 e.